The molecule has 0 radical (unpaired) electrons. The van der Waals surface area contributed by atoms with Gasteiger partial charge in [0.2, 0.25) is 0 Å². The second kappa shape index (κ2) is 5.02. The highest BCUT2D eigenvalue weighted by Crippen LogP contribution is 2.48. The van der Waals surface area contributed by atoms with E-state index >= 15 is 0 Å². The lowest BCUT2D eigenvalue weighted by Crippen LogP contribution is -2.29. The maximum atomic E-state index is 13.6. The van der Waals surface area contributed by atoms with Crippen LogP contribution in [0.25, 0.3) is 0 Å². The van der Waals surface area contributed by atoms with Gasteiger partial charge in [-0.1, -0.05) is 26.3 Å². The molecule has 1 aromatic carbocycles. The zero-order chi connectivity index (χ0) is 15.1. The van der Waals surface area contributed by atoms with E-state index in [0.29, 0.717) is 5.56 Å². The number of rotatable bonds is 2. The molecule has 0 bridgehead atoms. The van der Waals surface area contributed by atoms with Gasteiger partial charge in [-0.05, 0) is 41.9 Å². The van der Waals surface area contributed by atoms with Crippen LogP contribution in [0.5, 0.6) is 0 Å². The van der Waals surface area contributed by atoms with Crippen molar-refractivity contribution in [3.05, 3.63) is 35.1 Å². The maximum absolute atomic E-state index is 13.6. The third-order valence-corrected chi connectivity index (χ3v) is 4.46. The minimum Gasteiger partial charge on any atom is -0.324 e. The molecule has 1 fully saturated rings. The van der Waals surface area contributed by atoms with E-state index in [0.717, 1.165) is 31.4 Å². The van der Waals surface area contributed by atoms with Crippen LogP contribution in [0.15, 0.2) is 18.2 Å². The lowest BCUT2D eigenvalue weighted by atomic mass is 9.76. The summed E-state index contributed by atoms with van der Waals surface area (Å²) in [5.41, 5.74) is 5.40. The van der Waals surface area contributed by atoms with E-state index < -0.39 is 23.6 Å². The Hall–Kier alpha value is -1.10. The van der Waals surface area contributed by atoms with Crippen molar-refractivity contribution in [2.24, 2.45) is 17.1 Å². The van der Waals surface area contributed by atoms with Gasteiger partial charge < -0.3 is 5.73 Å². The minimum atomic E-state index is -4.67. The van der Waals surface area contributed by atoms with E-state index in [2.05, 4.69) is 13.8 Å². The standard InChI is InChI=1S/C15H19F4N/c1-14(2)7-3-4-11(14)13(20)9-5-6-10(12(16)8-9)15(17,18)19/h5-6,8,11,13H,3-4,7,20H2,1-2H3. The molecule has 2 N–H and O–H groups in total. The first kappa shape index (κ1) is 15.3. The maximum Gasteiger partial charge on any atom is 0.419 e. The molecule has 0 saturated heterocycles. The van der Waals surface area contributed by atoms with E-state index in [1.165, 1.54) is 6.07 Å². The quantitative estimate of drug-likeness (QED) is 0.787. The Morgan fingerprint density at radius 2 is 1.95 bits per heavy atom. The molecule has 1 aromatic rings. The summed E-state index contributed by atoms with van der Waals surface area (Å²) in [6.45, 7) is 4.20. The SMILES string of the molecule is CC1(C)CCCC1C(N)c1ccc(C(F)(F)F)c(F)c1. The van der Waals surface area contributed by atoms with Crippen molar-refractivity contribution in [1.82, 2.24) is 0 Å². The van der Waals surface area contributed by atoms with Crippen molar-refractivity contribution < 1.29 is 17.6 Å². The van der Waals surface area contributed by atoms with Crippen LogP contribution in [0.2, 0.25) is 0 Å². The Kier molecular flexibility index (Phi) is 3.84. The summed E-state index contributed by atoms with van der Waals surface area (Å²) in [5.74, 6) is -1.08. The normalized spacial score (nSPS) is 23.9. The molecule has 5 heteroatoms. The highest BCUT2D eigenvalue weighted by molar-refractivity contribution is 5.29. The third-order valence-electron chi connectivity index (χ3n) is 4.46. The predicted molar refractivity (Wildman–Crippen MR) is 69.5 cm³/mol. The second-order valence-corrected chi connectivity index (χ2v) is 6.25. The molecule has 1 nitrogen and oxygen atoms in total. The van der Waals surface area contributed by atoms with Crippen molar-refractivity contribution in [2.45, 2.75) is 45.3 Å². The van der Waals surface area contributed by atoms with Crippen LogP contribution in [0.4, 0.5) is 17.6 Å². The first-order valence-corrected chi connectivity index (χ1v) is 6.75. The van der Waals surface area contributed by atoms with Gasteiger partial charge in [-0.2, -0.15) is 13.2 Å². The summed E-state index contributed by atoms with van der Waals surface area (Å²) < 4.78 is 51.2. The van der Waals surface area contributed by atoms with Gasteiger partial charge in [0.15, 0.2) is 0 Å². The fourth-order valence-corrected chi connectivity index (χ4v) is 3.22. The number of halogens is 4. The van der Waals surface area contributed by atoms with Crippen molar-refractivity contribution >= 4 is 0 Å². The molecule has 1 aliphatic carbocycles. The fourth-order valence-electron chi connectivity index (χ4n) is 3.22. The number of alkyl halides is 3. The number of nitrogens with two attached hydrogens (primary N) is 1. The average molecular weight is 289 g/mol. The molecule has 0 amide bonds. The molecule has 1 aliphatic rings. The van der Waals surface area contributed by atoms with Crippen LogP contribution in [0, 0.1) is 17.2 Å². The second-order valence-electron chi connectivity index (χ2n) is 6.25. The van der Waals surface area contributed by atoms with Crippen LogP contribution < -0.4 is 5.73 Å². The van der Waals surface area contributed by atoms with Gasteiger partial charge >= 0.3 is 6.18 Å². The van der Waals surface area contributed by atoms with E-state index in [9.17, 15) is 17.6 Å². The summed E-state index contributed by atoms with van der Waals surface area (Å²) >= 11 is 0. The molecule has 0 spiro atoms. The molecule has 20 heavy (non-hydrogen) atoms. The Morgan fingerprint density at radius 1 is 1.30 bits per heavy atom. The first-order chi connectivity index (χ1) is 9.13. The molecule has 2 atom stereocenters. The van der Waals surface area contributed by atoms with E-state index in [1.54, 1.807) is 0 Å². The van der Waals surface area contributed by atoms with Gasteiger partial charge in [0.05, 0.1) is 5.56 Å². The average Bonchev–Trinajstić information content (AvgIpc) is 2.66. The van der Waals surface area contributed by atoms with Crippen LogP contribution in [-0.2, 0) is 6.18 Å². The number of hydrogen-bond acceptors (Lipinski definition) is 1. The summed E-state index contributed by atoms with van der Waals surface area (Å²) in [5, 5.41) is 0. The van der Waals surface area contributed by atoms with Crippen molar-refractivity contribution in [3.8, 4) is 0 Å². The molecule has 0 aromatic heterocycles. The van der Waals surface area contributed by atoms with Gasteiger partial charge in [-0.3, -0.25) is 0 Å². The summed E-state index contributed by atoms with van der Waals surface area (Å²) in [4.78, 5) is 0. The lowest BCUT2D eigenvalue weighted by Gasteiger charge is -2.32. The van der Waals surface area contributed by atoms with Crippen LogP contribution in [-0.4, -0.2) is 0 Å². The smallest absolute Gasteiger partial charge is 0.324 e. The Labute approximate surface area is 116 Å². The van der Waals surface area contributed by atoms with Gasteiger partial charge in [0, 0.05) is 6.04 Å². The van der Waals surface area contributed by atoms with Crippen LogP contribution in [0.3, 0.4) is 0 Å². The van der Waals surface area contributed by atoms with E-state index in [1.807, 2.05) is 0 Å². The van der Waals surface area contributed by atoms with E-state index in [4.69, 9.17) is 5.73 Å². The van der Waals surface area contributed by atoms with Gasteiger partial charge in [0.1, 0.15) is 5.82 Å². The topological polar surface area (TPSA) is 26.0 Å². The van der Waals surface area contributed by atoms with Gasteiger partial charge in [-0.25, -0.2) is 4.39 Å². The summed E-state index contributed by atoms with van der Waals surface area (Å²) in [7, 11) is 0. The van der Waals surface area contributed by atoms with Crippen molar-refractivity contribution in [1.29, 1.82) is 0 Å². The van der Waals surface area contributed by atoms with Crippen LogP contribution >= 0.6 is 0 Å². The predicted octanol–water partition coefficient (Wildman–Crippen LogP) is 4.67. The highest BCUT2D eigenvalue weighted by Gasteiger charge is 2.39. The first-order valence-electron chi connectivity index (χ1n) is 6.75. The monoisotopic (exact) mass is 289 g/mol. The molecule has 2 unspecified atom stereocenters. The summed E-state index contributed by atoms with van der Waals surface area (Å²) in [6.07, 6.45) is -1.65. The Bertz CT molecular complexity index is 493. The number of benzene rings is 1. The lowest BCUT2D eigenvalue weighted by molar-refractivity contribution is -0.140. The van der Waals surface area contributed by atoms with Crippen molar-refractivity contribution in [2.75, 3.05) is 0 Å². The van der Waals surface area contributed by atoms with Gasteiger partial charge in [-0.15, -0.1) is 0 Å². The van der Waals surface area contributed by atoms with Crippen molar-refractivity contribution in [3.63, 3.8) is 0 Å². The zero-order valence-electron chi connectivity index (χ0n) is 11.6. The molecule has 2 rings (SSSR count). The summed E-state index contributed by atoms with van der Waals surface area (Å²) in [6, 6.07) is 2.59. The molecular weight excluding hydrogens is 270 g/mol. The molecule has 0 aliphatic heterocycles. The minimum absolute atomic E-state index is 0.0403. The zero-order valence-corrected chi connectivity index (χ0v) is 11.6. The van der Waals surface area contributed by atoms with Gasteiger partial charge in [0.25, 0.3) is 0 Å². The van der Waals surface area contributed by atoms with E-state index in [-0.39, 0.29) is 11.3 Å². The molecule has 0 heterocycles. The molecular formula is C15H19F4N. The number of hydrogen-bond donors (Lipinski definition) is 1. The molecule has 1 saturated carbocycles. The highest BCUT2D eigenvalue weighted by atomic mass is 19.4. The van der Waals surface area contributed by atoms with Crippen LogP contribution in [0.1, 0.15) is 50.3 Å². The molecule has 112 valence electrons. The largest absolute Gasteiger partial charge is 0.419 e. The Morgan fingerprint density at radius 3 is 2.40 bits per heavy atom. The fraction of sp³-hybridized carbons (Fsp3) is 0.600. The third kappa shape index (κ3) is 2.82. The Balaban J connectivity index is 2.28.